The summed E-state index contributed by atoms with van der Waals surface area (Å²) in [5.41, 5.74) is 0. The molecule has 0 aliphatic heterocycles. The first-order valence-electron chi connectivity index (χ1n) is 7.20. The molecule has 1 N–H and O–H groups in total. The molecule has 0 aromatic carbocycles. The molecule has 0 aromatic rings. The Labute approximate surface area is 123 Å². The number of rotatable bonds is 8. The van der Waals surface area contributed by atoms with E-state index in [0.29, 0.717) is 6.42 Å². The predicted molar refractivity (Wildman–Crippen MR) is 80.5 cm³/mol. The molecule has 0 radical (unpaired) electrons. The summed E-state index contributed by atoms with van der Waals surface area (Å²) in [5.74, 6) is 0.0787. The minimum atomic E-state index is -3.30. The van der Waals surface area contributed by atoms with Gasteiger partial charge in [0.25, 0.3) is 0 Å². The number of hydrogen-bond donors (Lipinski definition) is 1. The fourth-order valence-electron chi connectivity index (χ4n) is 2.64. The summed E-state index contributed by atoms with van der Waals surface area (Å²) in [6.45, 7) is 2.16. The van der Waals surface area contributed by atoms with Gasteiger partial charge in [0, 0.05) is 19.1 Å². The second-order valence-corrected chi connectivity index (χ2v) is 9.24. The lowest BCUT2D eigenvalue weighted by Gasteiger charge is -2.32. The van der Waals surface area contributed by atoms with E-state index in [1.165, 1.54) is 10.6 Å². The van der Waals surface area contributed by atoms with Gasteiger partial charge in [-0.2, -0.15) is 4.31 Å². The molecule has 6 nitrogen and oxygen atoms in total. The Hall–Kier alpha value is -0.180. The van der Waals surface area contributed by atoms with E-state index >= 15 is 0 Å². The van der Waals surface area contributed by atoms with Crippen molar-refractivity contribution >= 4 is 20.0 Å². The van der Waals surface area contributed by atoms with Crippen LogP contribution in [0.25, 0.3) is 0 Å². The van der Waals surface area contributed by atoms with Gasteiger partial charge >= 0.3 is 0 Å². The van der Waals surface area contributed by atoms with E-state index in [1.54, 1.807) is 6.92 Å². The summed E-state index contributed by atoms with van der Waals surface area (Å²) in [6.07, 6.45) is 6.72. The van der Waals surface area contributed by atoms with Gasteiger partial charge in [-0.05, 0) is 19.3 Å². The van der Waals surface area contributed by atoms with Crippen molar-refractivity contribution < 1.29 is 16.8 Å². The highest BCUT2D eigenvalue weighted by molar-refractivity contribution is 7.89. The first-order valence-corrected chi connectivity index (χ1v) is 10.7. The van der Waals surface area contributed by atoms with Gasteiger partial charge in [-0.25, -0.2) is 21.6 Å². The second-order valence-electron chi connectivity index (χ2n) is 5.38. The topological polar surface area (TPSA) is 83.6 Å². The van der Waals surface area contributed by atoms with Gasteiger partial charge in [-0.15, -0.1) is 0 Å². The average Bonchev–Trinajstić information content (AvgIpc) is 2.34. The maximum absolute atomic E-state index is 11.9. The van der Waals surface area contributed by atoms with Crippen molar-refractivity contribution in [3.8, 4) is 0 Å². The molecule has 0 saturated heterocycles. The molecule has 0 unspecified atom stereocenters. The quantitative estimate of drug-likeness (QED) is 0.718. The molecule has 20 heavy (non-hydrogen) atoms. The van der Waals surface area contributed by atoms with Gasteiger partial charge in [0.15, 0.2) is 0 Å². The fourth-order valence-corrected chi connectivity index (χ4v) is 4.90. The van der Waals surface area contributed by atoms with Crippen LogP contribution in [0.15, 0.2) is 0 Å². The van der Waals surface area contributed by atoms with Crippen LogP contribution in [0, 0.1) is 0 Å². The zero-order valence-electron chi connectivity index (χ0n) is 12.3. The van der Waals surface area contributed by atoms with Crippen molar-refractivity contribution in [1.82, 2.24) is 9.03 Å². The molecule has 0 amide bonds. The third-order valence-electron chi connectivity index (χ3n) is 3.53. The summed E-state index contributed by atoms with van der Waals surface area (Å²) in [6, 6.07) is 0.0226. The first kappa shape index (κ1) is 17.9. The number of sulfonamides is 2. The summed E-state index contributed by atoms with van der Waals surface area (Å²) in [5, 5.41) is 0. The normalized spacial score (nSPS) is 18.6. The Morgan fingerprint density at radius 1 is 1.10 bits per heavy atom. The highest BCUT2D eigenvalue weighted by Gasteiger charge is 2.27. The zero-order valence-corrected chi connectivity index (χ0v) is 14.0. The van der Waals surface area contributed by atoms with E-state index in [9.17, 15) is 16.8 Å². The van der Waals surface area contributed by atoms with Crippen molar-refractivity contribution in [2.24, 2.45) is 0 Å². The van der Waals surface area contributed by atoms with Crippen molar-refractivity contribution in [2.45, 2.75) is 51.5 Å². The van der Waals surface area contributed by atoms with Gasteiger partial charge in [0.2, 0.25) is 20.0 Å². The van der Waals surface area contributed by atoms with Crippen LogP contribution in [-0.4, -0.2) is 52.3 Å². The number of hydrogen-bond acceptors (Lipinski definition) is 4. The Morgan fingerprint density at radius 3 is 2.20 bits per heavy atom. The Balaban J connectivity index is 2.58. The standard InChI is InChI=1S/C12H26N2O4S2/c1-3-11-20(17,18)13-9-10-14(19(2,15)16)12-7-5-4-6-8-12/h12-13H,3-11H2,1-2H3. The number of nitrogens with one attached hydrogen (secondary N) is 1. The molecular weight excluding hydrogens is 300 g/mol. The largest absolute Gasteiger partial charge is 0.214 e. The lowest BCUT2D eigenvalue weighted by Crippen LogP contribution is -2.45. The lowest BCUT2D eigenvalue weighted by atomic mass is 9.95. The maximum Gasteiger partial charge on any atom is 0.211 e. The summed E-state index contributed by atoms with van der Waals surface area (Å²) >= 11 is 0. The van der Waals surface area contributed by atoms with E-state index in [0.717, 1.165) is 32.1 Å². The molecule has 120 valence electrons. The van der Waals surface area contributed by atoms with Crippen molar-refractivity contribution in [2.75, 3.05) is 25.1 Å². The van der Waals surface area contributed by atoms with E-state index < -0.39 is 20.0 Å². The molecule has 1 rings (SSSR count). The molecular formula is C12H26N2O4S2. The van der Waals surface area contributed by atoms with E-state index in [-0.39, 0.29) is 24.9 Å². The Morgan fingerprint density at radius 2 is 1.70 bits per heavy atom. The molecule has 8 heteroatoms. The molecule has 0 heterocycles. The van der Waals surface area contributed by atoms with E-state index in [2.05, 4.69) is 4.72 Å². The molecule has 0 spiro atoms. The lowest BCUT2D eigenvalue weighted by molar-refractivity contribution is 0.257. The molecule has 0 aromatic heterocycles. The number of nitrogens with zero attached hydrogens (tertiary/aromatic N) is 1. The maximum atomic E-state index is 11.9. The highest BCUT2D eigenvalue weighted by Crippen LogP contribution is 2.23. The van der Waals surface area contributed by atoms with Crippen LogP contribution in [0.4, 0.5) is 0 Å². The van der Waals surface area contributed by atoms with Crippen LogP contribution < -0.4 is 4.72 Å². The molecule has 1 fully saturated rings. The van der Waals surface area contributed by atoms with Crippen LogP contribution in [0.5, 0.6) is 0 Å². The van der Waals surface area contributed by atoms with Crippen LogP contribution >= 0.6 is 0 Å². The van der Waals surface area contributed by atoms with Gasteiger partial charge < -0.3 is 0 Å². The SMILES string of the molecule is CCCS(=O)(=O)NCCN(C1CCCCC1)S(C)(=O)=O. The van der Waals surface area contributed by atoms with Gasteiger partial charge in [0.05, 0.1) is 12.0 Å². The van der Waals surface area contributed by atoms with E-state index in [1.807, 2.05) is 0 Å². The van der Waals surface area contributed by atoms with E-state index in [4.69, 9.17) is 0 Å². The Bertz CT molecular complexity index is 482. The van der Waals surface area contributed by atoms with Crippen LogP contribution in [-0.2, 0) is 20.0 Å². The first-order chi connectivity index (χ1) is 9.26. The highest BCUT2D eigenvalue weighted by atomic mass is 32.2. The average molecular weight is 326 g/mol. The second kappa shape index (κ2) is 7.72. The van der Waals surface area contributed by atoms with Crippen LogP contribution in [0.3, 0.4) is 0 Å². The van der Waals surface area contributed by atoms with Gasteiger partial charge in [-0.1, -0.05) is 26.2 Å². The minimum Gasteiger partial charge on any atom is -0.214 e. The minimum absolute atomic E-state index is 0.0226. The third-order valence-corrected chi connectivity index (χ3v) is 6.46. The molecule has 0 atom stereocenters. The van der Waals surface area contributed by atoms with Gasteiger partial charge in [-0.3, -0.25) is 0 Å². The van der Waals surface area contributed by atoms with Gasteiger partial charge in [0.1, 0.15) is 0 Å². The summed E-state index contributed by atoms with van der Waals surface area (Å²) in [4.78, 5) is 0. The van der Waals surface area contributed by atoms with Crippen LogP contribution in [0.2, 0.25) is 0 Å². The smallest absolute Gasteiger partial charge is 0.211 e. The van der Waals surface area contributed by atoms with Crippen molar-refractivity contribution in [1.29, 1.82) is 0 Å². The third kappa shape index (κ3) is 6.07. The zero-order chi connectivity index (χ0) is 15.2. The molecule has 0 bridgehead atoms. The Kier molecular flexibility index (Phi) is 6.90. The molecule has 1 saturated carbocycles. The fraction of sp³-hybridized carbons (Fsp3) is 1.00. The monoisotopic (exact) mass is 326 g/mol. The molecule has 1 aliphatic rings. The van der Waals surface area contributed by atoms with Crippen molar-refractivity contribution in [3.05, 3.63) is 0 Å². The summed E-state index contributed by atoms with van der Waals surface area (Å²) in [7, 11) is -6.57. The van der Waals surface area contributed by atoms with Crippen molar-refractivity contribution in [3.63, 3.8) is 0 Å². The predicted octanol–water partition coefficient (Wildman–Crippen LogP) is 0.910. The molecule has 1 aliphatic carbocycles. The summed E-state index contributed by atoms with van der Waals surface area (Å²) < 4.78 is 50.8. The van der Waals surface area contributed by atoms with Crippen LogP contribution in [0.1, 0.15) is 45.4 Å².